The predicted molar refractivity (Wildman–Crippen MR) is 53.7 cm³/mol. The molecule has 0 bridgehead atoms. The summed E-state index contributed by atoms with van der Waals surface area (Å²) in [4.78, 5) is 6.90. The Hall–Kier alpha value is -0.530. The first-order valence-corrected chi connectivity index (χ1v) is 5.16. The highest BCUT2D eigenvalue weighted by molar-refractivity contribution is 5.83. The van der Waals surface area contributed by atoms with Crippen molar-refractivity contribution in [2.24, 2.45) is 4.99 Å². The summed E-state index contributed by atoms with van der Waals surface area (Å²) in [5.74, 6) is 1.35. The van der Waals surface area contributed by atoms with Gasteiger partial charge >= 0.3 is 0 Å². The van der Waals surface area contributed by atoms with Crippen LogP contribution in [0.15, 0.2) is 4.99 Å². The molecule has 0 aliphatic carbocycles. The highest BCUT2D eigenvalue weighted by Gasteiger charge is 2.13. The van der Waals surface area contributed by atoms with Crippen molar-refractivity contribution in [2.75, 3.05) is 19.6 Å². The molecule has 0 fully saturated rings. The molecular weight excluding hydrogens is 148 g/mol. The molecule has 0 amide bonds. The van der Waals surface area contributed by atoms with Gasteiger partial charge in [-0.3, -0.25) is 4.99 Å². The van der Waals surface area contributed by atoms with Crippen molar-refractivity contribution in [3.63, 3.8) is 0 Å². The maximum absolute atomic E-state index is 4.50. The third kappa shape index (κ3) is 2.50. The fraction of sp³-hybridized carbons (Fsp3) is 0.900. The summed E-state index contributed by atoms with van der Waals surface area (Å²) in [6.07, 6.45) is 5.16. The van der Waals surface area contributed by atoms with Gasteiger partial charge in [0.1, 0.15) is 0 Å². The first-order valence-electron chi connectivity index (χ1n) is 5.16. The van der Waals surface area contributed by atoms with Gasteiger partial charge in [-0.15, -0.1) is 0 Å². The Kier molecular flexibility index (Phi) is 4.12. The molecule has 0 saturated heterocycles. The maximum atomic E-state index is 4.50. The van der Waals surface area contributed by atoms with Crippen molar-refractivity contribution in [1.82, 2.24) is 4.90 Å². The van der Waals surface area contributed by atoms with E-state index in [0.29, 0.717) is 0 Å². The summed E-state index contributed by atoms with van der Waals surface area (Å²) in [6.45, 7) is 7.76. The van der Waals surface area contributed by atoms with Crippen LogP contribution in [0.25, 0.3) is 0 Å². The minimum absolute atomic E-state index is 1.02. The van der Waals surface area contributed by atoms with Gasteiger partial charge < -0.3 is 4.90 Å². The molecule has 1 rings (SSSR count). The average Bonchev–Trinajstić information content (AvgIpc) is 2.52. The van der Waals surface area contributed by atoms with E-state index in [-0.39, 0.29) is 0 Å². The predicted octanol–water partition coefficient (Wildman–Crippen LogP) is 2.30. The summed E-state index contributed by atoms with van der Waals surface area (Å²) >= 11 is 0. The SMILES string of the molecule is CCCCCC1=NCCN1CC. The van der Waals surface area contributed by atoms with Crippen LogP contribution >= 0.6 is 0 Å². The van der Waals surface area contributed by atoms with E-state index in [0.717, 1.165) is 19.6 Å². The maximum Gasteiger partial charge on any atom is 0.0990 e. The molecular formula is C10H20N2. The zero-order valence-corrected chi connectivity index (χ0v) is 8.34. The number of hydrogen-bond donors (Lipinski definition) is 0. The van der Waals surface area contributed by atoms with E-state index >= 15 is 0 Å². The second-order valence-electron chi connectivity index (χ2n) is 3.33. The van der Waals surface area contributed by atoms with Gasteiger partial charge in [0, 0.05) is 19.5 Å². The lowest BCUT2D eigenvalue weighted by Crippen LogP contribution is -2.27. The first kappa shape index (κ1) is 9.56. The molecule has 0 aromatic heterocycles. The molecule has 1 aliphatic rings. The van der Waals surface area contributed by atoms with Crippen molar-refractivity contribution in [3.8, 4) is 0 Å². The van der Waals surface area contributed by atoms with Crippen LogP contribution in [0.1, 0.15) is 39.5 Å². The second kappa shape index (κ2) is 5.18. The fourth-order valence-electron chi connectivity index (χ4n) is 1.64. The summed E-state index contributed by atoms with van der Waals surface area (Å²) in [5, 5.41) is 0. The van der Waals surface area contributed by atoms with Crippen LogP contribution in [-0.2, 0) is 0 Å². The van der Waals surface area contributed by atoms with Gasteiger partial charge in [-0.1, -0.05) is 19.8 Å². The van der Waals surface area contributed by atoms with Gasteiger partial charge in [0.25, 0.3) is 0 Å². The van der Waals surface area contributed by atoms with Crippen LogP contribution in [0.4, 0.5) is 0 Å². The lowest BCUT2D eigenvalue weighted by molar-refractivity contribution is 0.471. The van der Waals surface area contributed by atoms with Crippen LogP contribution in [0.2, 0.25) is 0 Å². The minimum Gasteiger partial charge on any atom is -0.359 e. The van der Waals surface area contributed by atoms with E-state index < -0.39 is 0 Å². The van der Waals surface area contributed by atoms with Crippen molar-refractivity contribution in [3.05, 3.63) is 0 Å². The Morgan fingerprint density at radius 3 is 2.83 bits per heavy atom. The molecule has 70 valence electrons. The van der Waals surface area contributed by atoms with Crippen molar-refractivity contribution in [1.29, 1.82) is 0 Å². The number of likely N-dealkylation sites (N-methyl/N-ethyl adjacent to an activating group) is 1. The standard InChI is InChI=1S/C10H20N2/c1-3-5-6-7-10-11-8-9-12(10)4-2/h3-9H2,1-2H3. The molecule has 0 saturated carbocycles. The molecule has 2 nitrogen and oxygen atoms in total. The second-order valence-corrected chi connectivity index (χ2v) is 3.33. The zero-order chi connectivity index (χ0) is 8.81. The molecule has 0 N–H and O–H groups in total. The van der Waals surface area contributed by atoms with E-state index in [1.165, 1.54) is 31.5 Å². The van der Waals surface area contributed by atoms with Gasteiger partial charge in [0.05, 0.1) is 12.4 Å². The highest BCUT2D eigenvalue weighted by Crippen LogP contribution is 2.08. The normalized spacial score (nSPS) is 16.8. The van der Waals surface area contributed by atoms with Gasteiger partial charge in [-0.25, -0.2) is 0 Å². The molecule has 1 aliphatic heterocycles. The fourth-order valence-corrected chi connectivity index (χ4v) is 1.64. The van der Waals surface area contributed by atoms with Crippen molar-refractivity contribution in [2.45, 2.75) is 39.5 Å². The number of rotatable bonds is 5. The smallest absolute Gasteiger partial charge is 0.0990 e. The average molecular weight is 168 g/mol. The first-order chi connectivity index (χ1) is 5.88. The Morgan fingerprint density at radius 2 is 2.17 bits per heavy atom. The number of unbranched alkanes of at least 4 members (excludes halogenated alkanes) is 2. The Labute approximate surface area is 75.7 Å². The number of amidine groups is 1. The molecule has 1 heterocycles. The monoisotopic (exact) mass is 168 g/mol. The molecule has 2 heteroatoms. The number of aliphatic imine (C=N–C) groups is 1. The molecule has 0 unspecified atom stereocenters. The quantitative estimate of drug-likeness (QED) is 0.575. The highest BCUT2D eigenvalue weighted by atomic mass is 15.2. The largest absolute Gasteiger partial charge is 0.359 e. The lowest BCUT2D eigenvalue weighted by Gasteiger charge is -2.17. The molecule has 0 aromatic rings. The summed E-state index contributed by atoms with van der Waals surface area (Å²) in [7, 11) is 0. The van der Waals surface area contributed by atoms with Gasteiger partial charge in [0.2, 0.25) is 0 Å². The van der Waals surface area contributed by atoms with Crippen molar-refractivity contribution < 1.29 is 0 Å². The van der Waals surface area contributed by atoms with Crippen LogP contribution in [-0.4, -0.2) is 30.4 Å². The Morgan fingerprint density at radius 1 is 1.33 bits per heavy atom. The number of hydrogen-bond acceptors (Lipinski definition) is 2. The Bertz CT molecular complexity index is 152. The minimum atomic E-state index is 1.02. The molecule has 0 aromatic carbocycles. The van der Waals surface area contributed by atoms with Gasteiger partial charge in [-0.2, -0.15) is 0 Å². The van der Waals surface area contributed by atoms with Crippen LogP contribution < -0.4 is 0 Å². The van der Waals surface area contributed by atoms with E-state index in [2.05, 4.69) is 23.7 Å². The summed E-state index contributed by atoms with van der Waals surface area (Å²) in [5.41, 5.74) is 0. The van der Waals surface area contributed by atoms with Crippen LogP contribution in [0.3, 0.4) is 0 Å². The van der Waals surface area contributed by atoms with Gasteiger partial charge in [0.15, 0.2) is 0 Å². The topological polar surface area (TPSA) is 15.6 Å². The Balaban J connectivity index is 2.21. The summed E-state index contributed by atoms with van der Waals surface area (Å²) in [6, 6.07) is 0. The third-order valence-electron chi connectivity index (χ3n) is 2.41. The number of nitrogens with zero attached hydrogens (tertiary/aromatic N) is 2. The molecule has 0 atom stereocenters. The van der Waals surface area contributed by atoms with E-state index in [1.54, 1.807) is 0 Å². The van der Waals surface area contributed by atoms with Crippen LogP contribution in [0.5, 0.6) is 0 Å². The van der Waals surface area contributed by atoms with Crippen molar-refractivity contribution >= 4 is 5.84 Å². The molecule has 12 heavy (non-hydrogen) atoms. The molecule has 0 spiro atoms. The van der Waals surface area contributed by atoms with E-state index in [1.807, 2.05) is 0 Å². The lowest BCUT2D eigenvalue weighted by atomic mass is 10.2. The van der Waals surface area contributed by atoms with E-state index in [4.69, 9.17) is 0 Å². The third-order valence-corrected chi connectivity index (χ3v) is 2.41. The van der Waals surface area contributed by atoms with Crippen LogP contribution in [0, 0.1) is 0 Å². The summed E-state index contributed by atoms with van der Waals surface area (Å²) < 4.78 is 0. The zero-order valence-electron chi connectivity index (χ0n) is 8.34. The van der Waals surface area contributed by atoms with Gasteiger partial charge in [-0.05, 0) is 13.3 Å². The van der Waals surface area contributed by atoms with E-state index in [9.17, 15) is 0 Å². The molecule has 0 radical (unpaired) electrons.